The standard InChI is InChI=1S/C14H13ClN2O3/c15-9-3-1-8(2-4-9)13-16-12(14(19)20)11-6-5-10(18)7-17(11)13/h1-4,10,18H,5-7H2,(H,19,20). The Labute approximate surface area is 120 Å². The molecule has 1 aromatic heterocycles. The van der Waals surface area contributed by atoms with Gasteiger partial charge in [0.1, 0.15) is 5.82 Å². The summed E-state index contributed by atoms with van der Waals surface area (Å²) < 4.78 is 1.79. The number of hydrogen-bond donors (Lipinski definition) is 2. The molecule has 0 bridgehead atoms. The number of aromatic carboxylic acids is 1. The molecule has 5 nitrogen and oxygen atoms in total. The molecule has 1 unspecified atom stereocenters. The third-order valence-electron chi connectivity index (χ3n) is 3.49. The lowest BCUT2D eigenvalue weighted by Gasteiger charge is -2.21. The third kappa shape index (κ3) is 2.19. The van der Waals surface area contributed by atoms with Gasteiger partial charge in [0.15, 0.2) is 5.69 Å². The van der Waals surface area contributed by atoms with Gasteiger partial charge in [0, 0.05) is 10.6 Å². The van der Waals surface area contributed by atoms with Crippen LogP contribution < -0.4 is 0 Å². The summed E-state index contributed by atoms with van der Waals surface area (Å²) >= 11 is 5.86. The number of nitrogens with zero attached hydrogens (tertiary/aromatic N) is 2. The summed E-state index contributed by atoms with van der Waals surface area (Å²) in [4.78, 5) is 15.5. The van der Waals surface area contributed by atoms with Crippen LogP contribution in [0.15, 0.2) is 24.3 Å². The fourth-order valence-corrected chi connectivity index (χ4v) is 2.66. The highest BCUT2D eigenvalue weighted by Gasteiger charge is 2.27. The van der Waals surface area contributed by atoms with Gasteiger partial charge in [0.05, 0.1) is 18.3 Å². The lowest BCUT2D eigenvalue weighted by molar-refractivity contribution is 0.0686. The van der Waals surface area contributed by atoms with Crippen LogP contribution in [0.25, 0.3) is 11.4 Å². The van der Waals surface area contributed by atoms with Gasteiger partial charge in [-0.3, -0.25) is 0 Å². The van der Waals surface area contributed by atoms with Crippen LogP contribution in [0.1, 0.15) is 22.6 Å². The summed E-state index contributed by atoms with van der Waals surface area (Å²) in [6.07, 6.45) is 0.611. The van der Waals surface area contributed by atoms with Crippen LogP contribution in [0, 0.1) is 0 Å². The summed E-state index contributed by atoms with van der Waals surface area (Å²) in [5.41, 5.74) is 1.53. The number of carbonyl (C=O) groups is 1. The molecule has 0 spiro atoms. The molecule has 1 atom stereocenters. The van der Waals surface area contributed by atoms with E-state index >= 15 is 0 Å². The number of carboxylic acid groups (broad SMARTS) is 1. The van der Waals surface area contributed by atoms with E-state index in [4.69, 9.17) is 11.6 Å². The van der Waals surface area contributed by atoms with Gasteiger partial charge in [0.25, 0.3) is 0 Å². The van der Waals surface area contributed by atoms with E-state index < -0.39 is 12.1 Å². The molecule has 3 rings (SSSR count). The van der Waals surface area contributed by atoms with E-state index in [2.05, 4.69) is 4.98 Å². The van der Waals surface area contributed by atoms with Crippen LogP contribution in [0.5, 0.6) is 0 Å². The Morgan fingerprint density at radius 1 is 1.35 bits per heavy atom. The number of carboxylic acids is 1. The molecule has 2 aromatic rings. The van der Waals surface area contributed by atoms with Gasteiger partial charge < -0.3 is 14.8 Å². The largest absolute Gasteiger partial charge is 0.476 e. The Kier molecular flexibility index (Phi) is 3.23. The minimum Gasteiger partial charge on any atom is -0.476 e. The van der Waals surface area contributed by atoms with Crippen LogP contribution in [0.2, 0.25) is 5.02 Å². The molecule has 2 N–H and O–H groups in total. The molecule has 0 amide bonds. The number of aromatic nitrogens is 2. The van der Waals surface area contributed by atoms with Gasteiger partial charge >= 0.3 is 5.97 Å². The Hall–Kier alpha value is -1.85. The van der Waals surface area contributed by atoms with E-state index in [0.717, 1.165) is 5.56 Å². The Morgan fingerprint density at radius 3 is 2.70 bits per heavy atom. The van der Waals surface area contributed by atoms with E-state index in [1.165, 1.54) is 0 Å². The van der Waals surface area contributed by atoms with Crippen LogP contribution in [0.3, 0.4) is 0 Å². The first-order valence-corrected chi connectivity index (χ1v) is 6.70. The molecule has 0 saturated carbocycles. The van der Waals surface area contributed by atoms with Crippen molar-refractivity contribution >= 4 is 17.6 Å². The minimum atomic E-state index is -1.04. The maximum atomic E-state index is 11.3. The topological polar surface area (TPSA) is 75.3 Å². The van der Waals surface area contributed by atoms with Crippen molar-refractivity contribution in [2.75, 3.05) is 0 Å². The zero-order valence-electron chi connectivity index (χ0n) is 10.6. The zero-order chi connectivity index (χ0) is 14.3. The highest BCUT2D eigenvalue weighted by Crippen LogP contribution is 2.28. The van der Waals surface area contributed by atoms with E-state index in [9.17, 15) is 15.0 Å². The fourth-order valence-electron chi connectivity index (χ4n) is 2.53. The summed E-state index contributed by atoms with van der Waals surface area (Å²) in [5.74, 6) is -0.474. The maximum absolute atomic E-state index is 11.3. The number of rotatable bonds is 2. The second-order valence-electron chi connectivity index (χ2n) is 4.85. The molecule has 0 aliphatic carbocycles. The van der Waals surface area contributed by atoms with E-state index in [0.29, 0.717) is 35.9 Å². The molecular weight excluding hydrogens is 280 g/mol. The molecule has 6 heteroatoms. The second kappa shape index (κ2) is 4.92. The first-order valence-electron chi connectivity index (χ1n) is 6.33. The van der Waals surface area contributed by atoms with E-state index in [-0.39, 0.29) is 5.69 Å². The average Bonchev–Trinajstić information content (AvgIpc) is 2.78. The van der Waals surface area contributed by atoms with Gasteiger partial charge in [0.2, 0.25) is 0 Å². The maximum Gasteiger partial charge on any atom is 0.356 e. The van der Waals surface area contributed by atoms with E-state index in [1.54, 1.807) is 28.8 Å². The molecule has 0 saturated heterocycles. The van der Waals surface area contributed by atoms with Crippen molar-refractivity contribution in [1.29, 1.82) is 0 Å². The quantitative estimate of drug-likeness (QED) is 0.890. The molecule has 0 radical (unpaired) electrons. The van der Waals surface area contributed by atoms with Gasteiger partial charge in [-0.25, -0.2) is 9.78 Å². The number of hydrogen-bond acceptors (Lipinski definition) is 3. The lowest BCUT2D eigenvalue weighted by atomic mass is 10.1. The molecule has 1 aliphatic heterocycles. The van der Waals surface area contributed by atoms with Crippen molar-refractivity contribution in [2.45, 2.75) is 25.5 Å². The predicted molar refractivity (Wildman–Crippen MR) is 74.0 cm³/mol. The highest BCUT2D eigenvalue weighted by molar-refractivity contribution is 6.30. The molecule has 20 heavy (non-hydrogen) atoms. The number of imidazole rings is 1. The number of aliphatic hydroxyl groups excluding tert-OH is 1. The monoisotopic (exact) mass is 292 g/mol. The first-order chi connectivity index (χ1) is 9.56. The van der Waals surface area contributed by atoms with Crippen LogP contribution in [-0.4, -0.2) is 31.8 Å². The van der Waals surface area contributed by atoms with Crippen molar-refractivity contribution in [1.82, 2.24) is 9.55 Å². The van der Waals surface area contributed by atoms with Crippen LogP contribution in [-0.2, 0) is 13.0 Å². The Morgan fingerprint density at radius 2 is 2.05 bits per heavy atom. The number of fused-ring (bicyclic) bond motifs is 1. The summed E-state index contributed by atoms with van der Waals surface area (Å²) in [5, 5.41) is 19.7. The molecule has 104 valence electrons. The van der Waals surface area contributed by atoms with Crippen molar-refractivity contribution in [3.8, 4) is 11.4 Å². The Balaban J connectivity index is 2.15. The average molecular weight is 293 g/mol. The van der Waals surface area contributed by atoms with Crippen molar-refractivity contribution in [3.63, 3.8) is 0 Å². The van der Waals surface area contributed by atoms with Crippen molar-refractivity contribution in [2.24, 2.45) is 0 Å². The smallest absolute Gasteiger partial charge is 0.356 e. The molecular formula is C14H13ClN2O3. The number of halogens is 1. The zero-order valence-corrected chi connectivity index (χ0v) is 11.3. The summed E-state index contributed by atoms with van der Waals surface area (Å²) in [6.45, 7) is 0.369. The summed E-state index contributed by atoms with van der Waals surface area (Å²) in [6, 6.07) is 7.06. The molecule has 0 fully saturated rings. The predicted octanol–water partition coefficient (Wildman–Crippen LogP) is 2.21. The highest BCUT2D eigenvalue weighted by atomic mass is 35.5. The molecule has 1 aliphatic rings. The normalized spacial score (nSPS) is 17.8. The Bertz CT molecular complexity index is 664. The third-order valence-corrected chi connectivity index (χ3v) is 3.74. The van der Waals surface area contributed by atoms with Gasteiger partial charge in [-0.05, 0) is 37.1 Å². The minimum absolute atomic E-state index is 0.0712. The molecule has 1 aromatic carbocycles. The fraction of sp³-hybridized carbons (Fsp3) is 0.286. The number of benzene rings is 1. The van der Waals surface area contributed by atoms with Gasteiger partial charge in [-0.15, -0.1) is 0 Å². The molecule has 2 heterocycles. The van der Waals surface area contributed by atoms with Crippen LogP contribution >= 0.6 is 11.6 Å². The first kappa shape index (κ1) is 13.1. The van der Waals surface area contributed by atoms with Gasteiger partial charge in [-0.2, -0.15) is 0 Å². The van der Waals surface area contributed by atoms with Gasteiger partial charge in [-0.1, -0.05) is 11.6 Å². The van der Waals surface area contributed by atoms with Crippen LogP contribution in [0.4, 0.5) is 0 Å². The van der Waals surface area contributed by atoms with Crippen molar-refractivity contribution in [3.05, 3.63) is 40.7 Å². The lowest BCUT2D eigenvalue weighted by Crippen LogP contribution is -2.25. The SMILES string of the molecule is O=C(O)c1nc(-c2ccc(Cl)cc2)n2c1CCC(O)C2. The second-order valence-corrected chi connectivity index (χ2v) is 5.28. The van der Waals surface area contributed by atoms with E-state index in [1.807, 2.05) is 0 Å². The number of aliphatic hydroxyl groups is 1. The summed E-state index contributed by atoms with van der Waals surface area (Å²) in [7, 11) is 0. The van der Waals surface area contributed by atoms with Crippen molar-refractivity contribution < 1.29 is 15.0 Å².